The molecule has 0 saturated heterocycles. The van der Waals surface area contributed by atoms with Gasteiger partial charge in [-0.2, -0.15) is 0 Å². The molecule has 0 aromatic rings. The Balaban J connectivity index is 4.63. The summed E-state index contributed by atoms with van der Waals surface area (Å²) in [6.07, 6.45) is 29.8. The SMILES string of the molecule is CCCCCCCCCCCCCCCC(=O)OC[C@H](COP(=O)(O)OCCN(CC(=O)O)CC(=O)O)OC(=O)CCCCCCCCCCCCCCC. The quantitative estimate of drug-likeness (QED) is 0.0301. The van der Waals surface area contributed by atoms with E-state index in [-0.39, 0.29) is 26.0 Å². The van der Waals surface area contributed by atoms with Crippen molar-refractivity contribution >= 4 is 31.7 Å². The van der Waals surface area contributed by atoms with Crippen LogP contribution in [0.25, 0.3) is 0 Å². The van der Waals surface area contributed by atoms with Gasteiger partial charge in [-0.15, -0.1) is 0 Å². The van der Waals surface area contributed by atoms with E-state index in [0.29, 0.717) is 12.8 Å². The van der Waals surface area contributed by atoms with Gasteiger partial charge in [-0.3, -0.25) is 33.1 Å². The van der Waals surface area contributed by atoms with Crippen LogP contribution < -0.4 is 0 Å². The maximum Gasteiger partial charge on any atom is 0.472 e. The first kappa shape index (κ1) is 53.0. The van der Waals surface area contributed by atoms with Gasteiger partial charge in [-0.25, -0.2) is 4.57 Å². The molecule has 0 radical (unpaired) electrons. The number of phosphoric acid groups is 1. The summed E-state index contributed by atoms with van der Waals surface area (Å²) in [4.78, 5) is 58.4. The van der Waals surface area contributed by atoms with E-state index in [1.165, 1.54) is 116 Å². The minimum atomic E-state index is -4.71. The summed E-state index contributed by atoms with van der Waals surface area (Å²) in [5.74, 6) is -3.52. The number of ether oxygens (including phenoxy) is 2. The maximum absolute atomic E-state index is 12.7. The van der Waals surface area contributed by atoms with Crippen LogP contribution in [0.15, 0.2) is 0 Å². The molecule has 55 heavy (non-hydrogen) atoms. The number of carboxylic acids is 2. The van der Waals surface area contributed by atoms with Crippen LogP contribution in [0.4, 0.5) is 0 Å². The van der Waals surface area contributed by atoms with Gasteiger partial charge in [0.1, 0.15) is 6.61 Å². The second-order valence-corrected chi connectivity index (χ2v) is 16.3. The molecule has 0 aromatic heterocycles. The molecular weight excluding hydrogens is 729 g/mol. The molecule has 0 aliphatic rings. The van der Waals surface area contributed by atoms with Crippen LogP contribution >= 0.6 is 7.82 Å². The molecule has 0 amide bonds. The number of hydrogen-bond donors (Lipinski definition) is 3. The van der Waals surface area contributed by atoms with Crippen LogP contribution in [-0.4, -0.2) is 89.4 Å². The molecule has 1 unspecified atom stereocenters. The third-order valence-corrected chi connectivity index (χ3v) is 10.5. The molecule has 0 aromatic carbocycles. The largest absolute Gasteiger partial charge is 0.480 e. The van der Waals surface area contributed by atoms with E-state index in [1.807, 2.05) is 0 Å². The van der Waals surface area contributed by atoms with Crippen molar-refractivity contribution in [3.63, 3.8) is 0 Å². The lowest BCUT2D eigenvalue weighted by molar-refractivity contribution is -0.161. The maximum atomic E-state index is 12.7. The normalized spacial score (nSPS) is 13.1. The molecule has 0 rings (SSSR count). The van der Waals surface area contributed by atoms with E-state index in [9.17, 15) is 28.6 Å². The zero-order chi connectivity index (χ0) is 40.8. The van der Waals surface area contributed by atoms with Crippen molar-refractivity contribution in [3.05, 3.63) is 0 Å². The Morgan fingerprint density at radius 1 is 0.527 bits per heavy atom. The van der Waals surface area contributed by atoms with Gasteiger partial charge in [-0.05, 0) is 12.8 Å². The Morgan fingerprint density at radius 3 is 1.27 bits per heavy atom. The average Bonchev–Trinajstić information content (AvgIpc) is 3.12. The summed E-state index contributed by atoms with van der Waals surface area (Å²) in [5.41, 5.74) is 0. The van der Waals surface area contributed by atoms with Crippen LogP contribution in [-0.2, 0) is 42.3 Å². The second kappa shape index (κ2) is 37.5. The fourth-order valence-electron chi connectivity index (χ4n) is 6.29. The van der Waals surface area contributed by atoms with Gasteiger partial charge in [0.05, 0.1) is 26.3 Å². The lowest BCUT2D eigenvalue weighted by Gasteiger charge is -2.21. The number of carbonyl (C=O) groups is 4. The molecule has 0 spiro atoms. The zero-order valence-electron chi connectivity index (χ0n) is 34.5. The smallest absolute Gasteiger partial charge is 0.472 e. The fourth-order valence-corrected chi connectivity index (χ4v) is 7.03. The molecule has 0 aliphatic heterocycles. The van der Waals surface area contributed by atoms with Crippen molar-refractivity contribution in [2.75, 3.05) is 39.5 Å². The van der Waals surface area contributed by atoms with Crippen LogP contribution in [0.1, 0.15) is 194 Å². The second-order valence-electron chi connectivity index (χ2n) is 14.9. The Labute approximate surface area is 332 Å². The molecule has 0 bridgehead atoms. The van der Waals surface area contributed by atoms with Gasteiger partial charge in [0.2, 0.25) is 0 Å². The summed E-state index contributed by atoms with van der Waals surface area (Å²) in [5, 5.41) is 17.9. The van der Waals surface area contributed by atoms with Crippen molar-refractivity contribution < 1.29 is 57.4 Å². The van der Waals surface area contributed by atoms with Crippen molar-refractivity contribution in [1.82, 2.24) is 4.90 Å². The zero-order valence-corrected chi connectivity index (χ0v) is 35.4. The molecule has 324 valence electrons. The molecule has 0 fully saturated rings. The molecular formula is C41H78NO12P. The number of carboxylic acid groups (broad SMARTS) is 2. The number of hydrogen-bond acceptors (Lipinski definition) is 10. The average molecular weight is 808 g/mol. The minimum absolute atomic E-state index is 0.150. The van der Waals surface area contributed by atoms with Gasteiger partial charge in [0.15, 0.2) is 6.10 Å². The van der Waals surface area contributed by atoms with Gasteiger partial charge in [0, 0.05) is 19.4 Å². The number of esters is 2. The highest BCUT2D eigenvalue weighted by Gasteiger charge is 2.27. The van der Waals surface area contributed by atoms with E-state index in [4.69, 9.17) is 28.7 Å². The Bertz CT molecular complexity index is 998. The first-order valence-electron chi connectivity index (χ1n) is 21.6. The van der Waals surface area contributed by atoms with E-state index in [0.717, 1.165) is 43.4 Å². The van der Waals surface area contributed by atoms with Crippen molar-refractivity contribution in [3.8, 4) is 0 Å². The summed E-state index contributed by atoms with van der Waals surface area (Å²) >= 11 is 0. The van der Waals surface area contributed by atoms with Crippen molar-refractivity contribution in [1.29, 1.82) is 0 Å². The standard InChI is InChI=1S/C41H78NO12P/c1-3-5-7-9-11-13-15-17-19-21-23-25-27-29-40(47)51-35-37(36-53-55(49,50)52-32-31-42(33-38(43)44)34-39(45)46)54-41(48)30-28-26-24-22-20-18-16-14-12-10-8-6-4-2/h37H,3-36H2,1-2H3,(H,43,44)(H,45,46)(H,49,50)/t37-/m1/s1. The number of carbonyl (C=O) groups excluding carboxylic acids is 2. The molecule has 0 heterocycles. The number of nitrogens with zero attached hydrogens (tertiary/aromatic N) is 1. The minimum Gasteiger partial charge on any atom is -0.480 e. The summed E-state index contributed by atoms with van der Waals surface area (Å²) in [7, 11) is -4.71. The Hall–Kier alpha value is -2.05. The van der Waals surface area contributed by atoms with Crippen molar-refractivity contribution in [2.45, 2.75) is 200 Å². The van der Waals surface area contributed by atoms with E-state index in [1.54, 1.807) is 0 Å². The molecule has 14 heteroatoms. The summed E-state index contributed by atoms with van der Waals surface area (Å²) in [6, 6.07) is 0. The van der Waals surface area contributed by atoms with Gasteiger partial charge < -0.3 is 24.6 Å². The molecule has 2 atom stereocenters. The number of aliphatic carboxylic acids is 2. The van der Waals surface area contributed by atoms with Gasteiger partial charge >= 0.3 is 31.7 Å². The first-order chi connectivity index (χ1) is 26.5. The van der Waals surface area contributed by atoms with E-state index >= 15 is 0 Å². The first-order valence-corrected chi connectivity index (χ1v) is 23.1. The Morgan fingerprint density at radius 2 is 0.891 bits per heavy atom. The highest BCUT2D eigenvalue weighted by Crippen LogP contribution is 2.43. The van der Waals surface area contributed by atoms with E-state index < -0.39 is 64.1 Å². The third kappa shape index (κ3) is 38.6. The van der Waals surface area contributed by atoms with Gasteiger partial charge in [-0.1, -0.05) is 168 Å². The monoisotopic (exact) mass is 808 g/mol. The molecule has 0 saturated carbocycles. The lowest BCUT2D eigenvalue weighted by atomic mass is 10.0. The number of rotatable bonds is 42. The van der Waals surface area contributed by atoms with Crippen LogP contribution in [0.3, 0.4) is 0 Å². The fraction of sp³-hybridized carbons (Fsp3) is 0.902. The van der Waals surface area contributed by atoms with Crippen LogP contribution in [0.2, 0.25) is 0 Å². The van der Waals surface area contributed by atoms with Crippen LogP contribution in [0, 0.1) is 0 Å². The lowest BCUT2D eigenvalue weighted by Crippen LogP contribution is -2.36. The van der Waals surface area contributed by atoms with E-state index in [2.05, 4.69) is 13.8 Å². The highest BCUT2D eigenvalue weighted by atomic mass is 31.2. The predicted molar refractivity (Wildman–Crippen MR) is 215 cm³/mol. The predicted octanol–water partition coefficient (Wildman–Crippen LogP) is 10.0. The molecule has 13 nitrogen and oxygen atoms in total. The molecule has 3 N–H and O–H groups in total. The highest BCUT2D eigenvalue weighted by molar-refractivity contribution is 7.47. The topological polar surface area (TPSA) is 186 Å². The van der Waals surface area contributed by atoms with Crippen molar-refractivity contribution in [2.24, 2.45) is 0 Å². The summed E-state index contributed by atoms with van der Waals surface area (Å²) < 4.78 is 33.3. The molecule has 0 aliphatic carbocycles. The third-order valence-electron chi connectivity index (χ3n) is 9.50. The van der Waals surface area contributed by atoms with Gasteiger partial charge in [0.25, 0.3) is 0 Å². The summed E-state index contributed by atoms with van der Waals surface area (Å²) in [6.45, 7) is 1.56. The number of unbranched alkanes of at least 4 members (excludes halogenated alkanes) is 24. The van der Waals surface area contributed by atoms with Crippen LogP contribution in [0.5, 0.6) is 0 Å². The number of phosphoric ester groups is 1. The Kier molecular flexibility index (Phi) is 36.1.